The molecule has 2 N–H and O–H groups in total. The molecule has 3 aromatic rings. The quantitative estimate of drug-likeness (QED) is 0.260. The molecule has 8 nitrogen and oxygen atoms in total. The van der Waals surface area contributed by atoms with E-state index in [4.69, 9.17) is 41.0 Å². The first-order valence-corrected chi connectivity index (χ1v) is 12.7. The fraction of sp³-hybridized carbons (Fsp3) is 0.267. The molecule has 3 aromatic carbocycles. The predicted octanol–water partition coefficient (Wildman–Crippen LogP) is 5.89. The van der Waals surface area contributed by atoms with Gasteiger partial charge in [-0.25, -0.2) is 4.79 Å². The summed E-state index contributed by atoms with van der Waals surface area (Å²) in [6, 6.07) is 17.7. The van der Waals surface area contributed by atoms with Gasteiger partial charge in [0.05, 0.1) is 19.6 Å². The van der Waals surface area contributed by atoms with E-state index in [0.29, 0.717) is 46.1 Å². The molecule has 1 unspecified atom stereocenters. The van der Waals surface area contributed by atoms with Gasteiger partial charge in [0.25, 0.3) is 0 Å². The summed E-state index contributed by atoms with van der Waals surface area (Å²) in [6.07, 6.45) is 0. The van der Waals surface area contributed by atoms with Gasteiger partial charge < -0.3 is 29.4 Å². The first-order valence-electron chi connectivity index (χ1n) is 12.3. The van der Waals surface area contributed by atoms with Crippen molar-refractivity contribution < 1.29 is 28.5 Å². The number of nitriles is 1. The van der Waals surface area contributed by atoms with Gasteiger partial charge in [-0.15, -0.1) is 0 Å². The molecule has 0 radical (unpaired) electrons. The summed E-state index contributed by atoms with van der Waals surface area (Å²) in [5.74, 6) is 1.50. The number of nitrogens with zero attached hydrogens (tertiary/aromatic N) is 1. The smallest absolute Gasteiger partial charge is 0.349 e. The number of methoxy groups -OCH3 is 1. The Balaban J connectivity index is 1.56. The molecule has 39 heavy (non-hydrogen) atoms. The second-order valence-electron chi connectivity index (χ2n) is 9.41. The van der Waals surface area contributed by atoms with Crippen LogP contribution in [0.4, 0.5) is 0 Å². The Morgan fingerprint density at radius 3 is 2.54 bits per heavy atom. The molecule has 9 heteroatoms. The van der Waals surface area contributed by atoms with Crippen LogP contribution in [0.15, 0.2) is 66.1 Å². The van der Waals surface area contributed by atoms with Crippen molar-refractivity contribution in [1.29, 1.82) is 5.26 Å². The molecule has 0 saturated heterocycles. The molecule has 0 fully saturated rings. The van der Waals surface area contributed by atoms with Gasteiger partial charge in [-0.05, 0) is 60.4 Å². The van der Waals surface area contributed by atoms with Gasteiger partial charge >= 0.3 is 5.97 Å². The summed E-state index contributed by atoms with van der Waals surface area (Å²) < 4.78 is 28.2. The van der Waals surface area contributed by atoms with Gasteiger partial charge in [0.2, 0.25) is 5.88 Å². The van der Waals surface area contributed by atoms with Crippen LogP contribution in [0.3, 0.4) is 0 Å². The number of rotatable bonds is 9. The minimum absolute atomic E-state index is 0.0286. The highest BCUT2D eigenvalue weighted by Crippen LogP contribution is 2.45. The van der Waals surface area contributed by atoms with Crippen molar-refractivity contribution in [2.45, 2.75) is 26.7 Å². The normalized spacial score (nSPS) is 14.2. The standard InChI is InChI=1S/C30H29ClN2O6/c1-17(2)15-36-25-9-5-19(12-27(25)35-4)29-22-8-7-21(13-26(22)39-30(33)23(29)14-32)38-28(34)16-37-24-10-6-20(31)11-18(24)3/h5-13,17,29H,15-16,33H2,1-4H3. The minimum atomic E-state index is -0.598. The molecule has 1 heterocycles. The average molecular weight is 549 g/mol. The zero-order chi connectivity index (χ0) is 28.1. The number of fused-ring (bicyclic) bond motifs is 1. The number of benzene rings is 3. The van der Waals surface area contributed by atoms with Crippen molar-refractivity contribution in [2.75, 3.05) is 20.3 Å². The van der Waals surface area contributed by atoms with E-state index in [2.05, 4.69) is 19.9 Å². The van der Waals surface area contributed by atoms with Crippen LogP contribution in [0.5, 0.6) is 28.7 Å². The third-order valence-electron chi connectivity index (χ3n) is 6.00. The number of aryl methyl sites for hydroxylation is 1. The highest BCUT2D eigenvalue weighted by molar-refractivity contribution is 6.30. The Morgan fingerprint density at radius 1 is 1.08 bits per heavy atom. The van der Waals surface area contributed by atoms with Gasteiger partial charge in [0.15, 0.2) is 18.1 Å². The zero-order valence-electron chi connectivity index (χ0n) is 22.1. The van der Waals surface area contributed by atoms with Crippen LogP contribution in [0.2, 0.25) is 5.02 Å². The third kappa shape index (κ3) is 6.39. The monoisotopic (exact) mass is 548 g/mol. The van der Waals surface area contributed by atoms with Crippen molar-refractivity contribution in [3.05, 3.63) is 87.8 Å². The maximum Gasteiger partial charge on any atom is 0.349 e. The van der Waals surface area contributed by atoms with E-state index >= 15 is 0 Å². The largest absolute Gasteiger partial charge is 0.493 e. The van der Waals surface area contributed by atoms with Gasteiger partial charge in [0, 0.05) is 16.7 Å². The number of hydrogen-bond donors (Lipinski definition) is 1. The summed E-state index contributed by atoms with van der Waals surface area (Å²) in [7, 11) is 1.56. The molecule has 0 aromatic heterocycles. The molecule has 1 aliphatic rings. The van der Waals surface area contributed by atoms with Gasteiger partial charge in [-0.2, -0.15) is 5.26 Å². The van der Waals surface area contributed by atoms with Crippen LogP contribution < -0.4 is 29.4 Å². The molecule has 0 amide bonds. The van der Waals surface area contributed by atoms with E-state index in [1.165, 1.54) is 0 Å². The lowest BCUT2D eigenvalue weighted by Gasteiger charge is -2.27. The van der Waals surface area contributed by atoms with Crippen LogP contribution in [0, 0.1) is 24.2 Å². The molecule has 0 saturated carbocycles. The SMILES string of the molecule is COc1cc(C2C(C#N)=C(N)Oc3cc(OC(=O)COc4ccc(Cl)cc4C)ccc32)ccc1OCC(C)C. The summed E-state index contributed by atoms with van der Waals surface area (Å²) in [5, 5.41) is 10.5. The number of ether oxygens (including phenoxy) is 5. The lowest BCUT2D eigenvalue weighted by Crippen LogP contribution is -2.22. The number of esters is 1. The van der Waals surface area contributed by atoms with Gasteiger partial charge in [0.1, 0.15) is 28.9 Å². The number of hydrogen-bond acceptors (Lipinski definition) is 8. The van der Waals surface area contributed by atoms with Crippen molar-refractivity contribution in [3.63, 3.8) is 0 Å². The average Bonchev–Trinajstić information content (AvgIpc) is 2.90. The van der Waals surface area contributed by atoms with Crippen LogP contribution in [0.1, 0.15) is 36.5 Å². The summed E-state index contributed by atoms with van der Waals surface area (Å²) in [4.78, 5) is 12.5. The maximum atomic E-state index is 12.5. The Labute approximate surface area is 232 Å². The first-order chi connectivity index (χ1) is 18.7. The molecule has 0 aliphatic carbocycles. The van der Waals surface area contributed by atoms with Crippen LogP contribution >= 0.6 is 11.6 Å². The molecule has 202 valence electrons. The number of nitrogens with two attached hydrogens (primary N) is 1. The topological polar surface area (TPSA) is 113 Å². The lowest BCUT2D eigenvalue weighted by atomic mass is 9.83. The Morgan fingerprint density at radius 2 is 1.85 bits per heavy atom. The third-order valence-corrected chi connectivity index (χ3v) is 6.23. The van der Waals surface area contributed by atoms with Crippen molar-refractivity contribution in [3.8, 4) is 34.8 Å². The second-order valence-corrected chi connectivity index (χ2v) is 9.85. The fourth-order valence-corrected chi connectivity index (χ4v) is 4.38. The highest BCUT2D eigenvalue weighted by atomic mass is 35.5. The van der Waals surface area contributed by atoms with E-state index in [9.17, 15) is 10.1 Å². The van der Waals surface area contributed by atoms with Crippen LogP contribution in [-0.2, 0) is 4.79 Å². The molecular formula is C30H29ClN2O6. The molecule has 1 aliphatic heterocycles. The number of halogens is 1. The second kappa shape index (κ2) is 12.0. The van der Waals surface area contributed by atoms with E-state index in [1.54, 1.807) is 43.5 Å². The fourth-order valence-electron chi connectivity index (χ4n) is 4.15. The number of carbonyl (C=O) groups excluding carboxylic acids is 1. The number of allylic oxidation sites excluding steroid dienone is 1. The summed E-state index contributed by atoms with van der Waals surface area (Å²) in [5.41, 5.74) is 8.66. The van der Waals surface area contributed by atoms with E-state index in [-0.39, 0.29) is 23.8 Å². The van der Waals surface area contributed by atoms with Crippen molar-refractivity contribution >= 4 is 17.6 Å². The van der Waals surface area contributed by atoms with E-state index in [1.807, 2.05) is 25.1 Å². The maximum absolute atomic E-state index is 12.5. The Kier molecular flexibility index (Phi) is 8.52. The molecule has 4 rings (SSSR count). The van der Waals surface area contributed by atoms with Crippen molar-refractivity contribution in [2.24, 2.45) is 11.7 Å². The zero-order valence-corrected chi connectivity index (χ0v) is 22.9. The molecule has 0 spiro atoms. The Hall–Kier alpha value is -4.35. The predicted molar refractivity (Wildman–Crippen MR) is 146 cm³/mol. The minimum Gasteiger partial charge on any atom is -0.493 e. The summed E-state index contributed by atoms with van der Waals surface area (Å²) in [6.45, 7) is 6.20. The molecule has 0 bridgehead atoms. The molecule has 1 atom stereocenters. The molecular weight excluding hydrogens is 520 g/mol. The lowest BCUT2D eigenvalue weighted by molar-refractivity contribution is -0.136. The van der Waals surface area contributed by atoms with Gasteiger partial charge in [-0.1, -0.05) is 37.6 Å². The van der Waals surface area contributed by atoms with E-state index < -0.39 is 11.9 Å². The van der Waals surface area contributed by atoms with Crippen LogP contribution in [0.25, 0.3) is 0 Å². The number of carbonyl (C=O) groups is 1. The Bertz CT molecular complexity index is 1460. The summed E-state index contributed by atoms with van der Waals surface area (Å²) >= 11 is 5.97. The van der Waals surface area contributed by atoms with Crippen LogP contribution in [-0.4, -0.2) is 26.3 Å². The van der Waals surface area contributed by atoms with Gasteiger partial charge in [-0.3, -0.25) is 0 Å². The highest BCUT2D eigenvalue weighted by Gasteiger charge is 2.32. The first kappa shape index (κ1) is 27.7. The van der Waals surface area contributed by atoms with E-state index in [0.717, 1.165) is 11.1 Å². The van der Waals surface area contributed by atoms with Crippen molar-refractivity contribution in [1.82, 2.24) is 0 Å².